The third-order valence-electron chi connectivity index (χ3n) is 2.45. The summed E-state index contributed by atoms with van der Waals surface area (Å²) in [5.41, 5.74) is 0. The lowest BCUT2D eigenvalue weighted by Gasteiger charge is -2.09. The molecule has 0 amide bonds. The highest BCUT2D eigenvalue weighted by Crippen LogP contribution is 2.12. The Balaban J connectivity index is 2.35. The van der Waals surface area contributed by atoms with Gasteiger partial charge in [0.05, 0.1) is 0 Å². The third-order valence-corrected chi connectivity index (χ3v) is 2.45. The summed E-state index contributed by atoms with van der Waals surface area (Å²) in [5.74, 6) is 3.40. The van der Waals surface area contributed by atoms with E-state index in [2.05, 4.69) is 27.2 Å². The smallest absolute Gasteiger partial charge is 0.143 e. The summed E-state index contributed by atoms with van der Waals surface area (Å²) in [6.07, 6.45) is 4.75. The molecule has 2 heterocycles. The van der Waals surface area contributed by atoms with Gasteiger partial charge in [-0.2, -0.15) is 0 Å². The fourth-order valence-corrected chi connectivity index (χ4v) is 1.64. The van der Waals surface area contributed by atoms with Crippen LogP contribution in [0.5, 0.6) is 0 Å². The molecule has 0 saturated heterocycles. The zero-order valence-electron chi connectivity index (χ0n) is 10.4. The molecule has 0 aliphatic rings. The van der Waals surface area contributed by atoms with E-state index < -0.39 is 0 Å². The van der Waals surface area contributed by atoms with E-state index in [1.165, 1.54) is 0 Å². The van der Waals surface area contributed by atoms with E-state index in [-0.39, 0.29) is 0 Å². The molecular weight excluding hydrogens is 214 g/mol. The van der Waals surface area contributed by atoms with Crippen molar-refractivity contribution in [1.82, 2.24) is 19.5 Å². The molecule has 5 heteroatoms. The van der Waals surface area contributed by atoms with Gasteiger partial charge in [0, 0.05) is 25.0 Å². The van der Waals surface area contributed by atoms with Crippen molar-refractivity contribution in [3.05, 3.63) is 30.1 Å². The Kier molecular flexibility index (Phi) is 3.37. The number of anilines is 1. The Morgan fingerprint density at radius 2 is 2.12 bits per heavy atom. The van der Waals surface area contributed by atoms with Crippen LogP contribution in [0.2, 0.25) is 0 Å². The predicted molar refractivity (Wildman–Crippen MR) is 67.4 cm³/mol. The largest absolute Gasteiger partial charge is 0.370 e. The molecule has 0 unspecified atom stereocenters. The second-order valence-electron chi connectivity index (χ2n) is 3.93. The number of nitrogens with one attached hydrogen (secondary N) is 1. The first-order valence-corrected chi connectivity index (χ1v) is 5.80. The molecule has 0 aliphatic heterocycles. The van der Waals surface area contributed by atoms with Crippen LogP contribution in [0.25, 0.3) is 5.82 Å². The molecule has 90 valence electrons. The van der Waals surface area contributed by atoms with Crippen molar-refractivity contribution in [1.29, 1.82) is 0 Å². The lowest BCUT2D eigenvalue weighted by molar-refractivity contribution is 0.892. The minimum atomic E-state index is 0.759. The van der Waals surface area contributed by atoms with E-state index in [0.29, 0.717) is 0 Å². The topological polar surface area (TPSA) is 55.6 Å². The zero-order chi connectivity index (χ0) is 12.3. The van der Waals surface area contributed by atoms with Gasteiger partial charge in [-0.25, -0.2) is 15.0 Å². The third kappa shape index (κ3) is 2.61. The maximum absolute atomic E-state index is 4.42. The zero-order valence-corrected chi connectivity index (χ0v) is 10.4. The predicted octanol–water partition coefficient (Wildman–Crippen LogP) is 2.10. The molecule has 0 bridgehead atoms. The summed E-state index contributed by atoms with van der Waals surface area (Å²) >= 11 is 0. The van der Waals surface area contributed by atoms with Gasteiger partial charge in [0.1, 0.15) is 23.3 Å². The van der Waals surface area contributed by atoms with E-state index in [0.717, 1.165) is 36.3 Å². The van der Waals surface area contributed by atoms with Crippen LogP contribution < -0.4 is 5.32 Å². The van der Waals surface area contributed by atoms with Crippen molar-refractivity contribution >= 4 is 5.82 Å². The van der Waals surface area contributed by atoms with E-state index in [1.807, 2.05) is 30.7 Å². The van der Waals surface area contributed by atoms with Gasteiger partial charge in [-0.15, -0.1) is 0 Å². The van der Waals surface area contributed by atoms with Gasteiger partial charge in [0.2, 0.25) is 0 Å². The molecule has 0 aromatic carbocycles. The number of aromatic nitrogens is 4. The standard InChI is InChI=1S/C12H17N5/c1-4-5-14-11-8-12(16-9(2)15-11)17-7-6-13-10(17)3/h6-8H,4-5H2,1-3H3,(H,14,15,16). The molecule has 17 heavy (non-hydrogen) atoms. The molecular formula is C12H17N5. The van der Waals surface area contributed by atoms with E-state index in [4.69, 9.17) is 0 Å². The summed E-state index contributed by atoms with van der Waals surface area (Å²) in [4.78, 5) is 13.0. The van der Waals surface area contributed by atoms with Crippen LogP contribution in [-0.2, 0) is 0 Å². The molecule has 1 N–H and O–H groups in total. The minimum Gasteiger partial charge on any atom is -0.370 e. The monoisotopic (exact) mass is 231 g/mol. The van der Waals surface area contributed by atoms with E-state index in [9.17, 15) is 0 Å². The van der Waals surface area contributed by atoms with Gasteiger partial charge in [0.25, 0.3) is 0 Å². The highest BCUT2D eigenvalue weighted by Gasteiger charge is 2.05. The second kappa shape index (κ2) is 4.95. The normalized spacial score (nSPS) is 10.5. The molecule has 2 rings (SSSR count). The Labute approximate surface area is 101 Å². The summed E-state index contributed by atoms with van der Waals surface area (Å²) in [7, 11) is 0. The first kappa shape index (κ1) is 11.6. The molecule has 0 radical (unpaired) electrons. The van der Waals surface area contributed by atoms with Gasteiger partial charge in [-0.3, -0.25) is 4.57 Å². The van der Waals surface area contributed by atoms with Gasteiger partial charge in [0.15, 0.2) is 0 Å². The van der Waals surface area contributed by atoms with Crippen LogP contribution in [-0.4, -0.2) is 26.1 Å². The Bertz CT molecular complexity index is 503. The van der Waals surface area contributed by atoms with Crippen LogP contribution in [0.3, 0.4) is 0 Å². The quantitative estimate of drug-likeness (QED) is 0.875. The van der Waals surface area contributed by atoms with Crippen molar-refractivity contribution in [3.63, 3.8) is 0 Å². The summed E-state index contributed by atoms with van der Waals surface area (Å²) in [6.45, 7) is 6.89. The van der Waals surface area contributed by atoms with Gasteiger partial charge < -0.3 is 5.32 Å². The Morgan fingerprint density at radius 1 is 1.29 bits per heavy atom. The average molecular weight is 231 g/mol. The van der Waals surface area contributed by atoms with Crippen molar-refractivity contribution in [3.8, 4) is 5.82 Å². The van der Waals surface area contributed by atoms with Crippen LogP contribution in [0, 0.1) is 13.8 Å². The fourth-order valence-electron chi connectivity index (χ4n) is 1.64. The van der Waals surface area contributed by atoms with Crippen molar-refractivity contribution < 1.29 is 0 Å². The molecule has 0 aliphatic carbocycles. The van der Waals surface area contributed by atoms with E-state index in [1.54, 1.807) is 6.20 Å². The number of rotatable bonds is 4. The first-order chi connectivity index (χ1) is 8.20. The SMILES string of the molecule is CCCNc1cc(-n2ccnc2C)nc(C)n1. The number of hydrogen-bond acceptors (Lipinski definition) is 4. The van der Waals surface area contributed by atoms with Gasteiger partial charge in [-0.05, 0) is 20.3 Å². The molecule has 0 spiro atoms. The molecule has 0 saturated carbocycles. The maximum atomic E-state index is 4.42. The molecule has 0 fully saturated rings. The Hall–Kier alpha value is -1.91. The van der Waals surface area contributed by atoms with Crippen LogP contribution in [0.15, 0.2) is 18.5 Å². The van der Waals surface area contributed by atoms with Crippen molar-refractivity contribution in [2.75, 3.05) is 11.9 Å². The summed E-state index contributed by atoms with van der Waals surface area (Å²) in [6, 6.07) is 1.94. The summed E-state index contributed by atoms with van der Waals surface area (Å²) in [5, 5.41) is 3.27. The average Bonchev–Trinajstić information content (AvgIpc) is 2.72. The van der Waals surface area contributed by atoms with Crippen molar-refractivity contribution in [2.24, 2.45) is 0 Å². The number of imidazole rings is 1. The number of aryl methyl sites for hydroxylation is 2. The Morgan fingerprint density at radius 3 is 2.76 bits per heavy atom. The number of nitrogens with zero attached hydrogens (tertiary/aromatic N) is 4. The summed E-state index contributed by atoms with van der Waals surface area (Å²) < 4.78 is 1.95. The second-order valence-corrected chi connectivity index (χ2v) is 3.93. The highest BCUT2D eigenvalue weighted by atomic mass is 15.1. The fraction of sp³-hybridized carbons (Fsp3) is 0.417. The first-order valence-electron chi connectivity index (χ1n) is 5.80. The lowest BCUT2D eigenvalue weighted by Crippen LogP contribution is -2.07. The highest BCUT2D eigenvalue weighted by molar-refractivity contribution is 5.42. The van der Waals surface area contributed by atoms with Crippen molar-refractivity contribution in [2.45, 2.75) is 27.2 Å². The maximum Gasteiger partial charge on any atom is 0.143 e. The van der Waals surface area contributed by atoms with Crippen LogP contribution >= 0.6 is 0 Å². The molecule has 5 nitrogen and oxygen atoms in total. The van der Waals surface area contributed by atoms with Gasteiger partial charge >= 0.3 is 0 Å². The molecule has 2 aromatic heterocycles. The van der Waals surface area contributed by atoms with E-state index >= 15 is 0 Å². The minimum absolute atomic E-state index is 0.759. The van der Waals surface area contributed by atoms with Gasteiger partial charge in [-0.1, -0.05) is 6.92 Å². The lowest BCUT2D eigenvalue weighted by atomic mass is 10.4. The van der Waals surface area contributed by atoms with Crippen LogP contribution in [0.4, 0.5) is 5.82 Å². The van der Waals surface area contributed by atoms with Crippen LogP contribution in [0.1, 0.15) is 25.0 Å². The number of hydrogen-bond donors (Lipinski definition) is 1. The molecule has 2 aromatic rings. The molecule has 0 atom stereocenters.